The molecule has 31 heavy (non-hydrogen) atoms. The Kier molecular flexibility index (Phi) is 6.08. The van der Waals surface area contributed by atoms with Crippen molar-refractivity contribution in [3.8, 4) is 17.1 Å². The van der Waals surface area contributed by atoms with Crippen molar-refractivity contribution < 1.29 is 4.52 Å². The fourth-order valence-electron chi connectivity index (χ4n) is 3.79. The van der Waals surface area contributed by atoms with Crippen LogP contribution in [0.2, 0.25) is 0 Å². The van der Waals surface area contributed by atoms with Gasteiger partial charge in [-0.1, -0.05) is 71.9 Å². The van der Waals surface area contributed by atoms with Gasteiger partial charge >= 0.3 is 0 Å². The zero-order valence-electron chi connectivity index (χ0n) is 17.2. The number of likely N-dealkylation sites (tertiary alicyclic amines) is 1. The van der Waals surface area contributed by atoms with Crippen LogP contribution >= 0.6 is 11.8 Å². The summed E-state index contributed by atoms with van der Waals surface area (Å²) < 4.78 is 7.61. The average molecular weight is 433 g/mol. The van der Waals surface area contributed by atoms with Crippen LogP contribution in [0.15, 0.2) is 70.3 Å². The third-order valence-corrected chi connectivity index (χ3v) is 6.27. The number of rotatable bonds is 7. The second kappa shape index (κ2) is 9.45. The van der Waals surface area contributed by atoms with Crippen LogP contribution in [0.1, 0.15) is 31.0 Å². The van der Waals surface area contributed by atoms with E-state index in [9.17, 15) is 0 Å². The maximum absolute atomic E-state index is 5.47. The molecule has 0 bridgehead atoms. The van der Waals surface area contributed by atoms with Gasteiger partial charge < -0.3 is 4.52 Å². The quantitative estimate of drug-likeness (QED) is 0.395. The lowest BCUT2D eigenvalue weighted by atomic mass is 10.1. The second-order valence-electron chi connectivity index (χ2n) is 7.57. The number of benzene rings is 2. The van der Waals surface area contributed by atoms with Crippen molar-refractivity contribution in [2.24, 2.45) is 0 Å². The van der Waals surface area contributed by atoms with Gasteiger partial charge in [-0.15, -0.1) is 10.2 Å². The predicted molar refractivity (Wildman–Crippen MR) is 120 cm³/mol. The van der Waals surface area contributed by atoms with Crippen LogP contribution in [0.4, 0.5) is 0 Å². The summed E-state index contributed by atoms with van der Waals surface area (Å²) in [4.78, 5) is 7.00. The molecule has 5 rings (SSSR count). The summed E-state index contributed by atoms with van der Waals surface area (Å²) in [7, 11) is 0. The Hall–Kier alpha value is -2.97. The first-order valence-corrected chi connectivity index (χ1v) is 11.6. The molecule has 2 aromatic heterocycles. The number of thioether (sulfide) groups is 1. The molecule has 3 heterocycles. The maximum Gasteiger partial charge on any atom is 0.237 e. The SMILES string of the molecule is c1ccc(-c2noc(CSc3nnc(CN4CCCCC4)n3-c3ccccc3)n2)cc1. The first-order valence-electron chi connectivity index (χ1n) is 10.6. The van der Waals surface area contributed by atoms with Crippen LogP contribution < -0.4 is 0 Å². The first kappa shape index (κ1) is 20.0. The van der Waals surface area contributed by atoms with E-state index in [0.717, 1.165) is 41.9 Å². The lowest BCUT2D eigenvalue weighted by Gasteiger charge is -2.26. The van der Waals surface area contributed by atoms with E-state index in [1.807, 2.05) is 48.5 Å². The smallest absolute Gasteiger partial charge is 0.237 e. The van der Waals surface area contributed by atoms with Crippen LogP contribution in [0.5, 0.6) is 0 Å². The van der Waals surface area contributed by atoms with E-state index in [-0.39, 0.29) is 0 Å². The summed E-state index contributed by atoms with van der Waals surface area (Å²) in [6, 6.07) is 20.1. The van der Waals surface area contributed by atoms with E-state index >= 15 is 0 Å². The molecule has 158 valence electrons. The molecule has 8 heteroatoms. The molecule has 1 aliphatic heterocycles. The Morgan fingerprint density at radius 1 is 0.871 bits per heavy atom. The summed E-state index contributed by atoms with van der Waals surface area (Å²) in [6.07, 6.45) is 3.82. The van der Waals surface area contributed by atoms with Gasteiger partial charge in [0.1, 0.15) is 0 Å². The van der Waals surface area contributed by atoms with Crippen molar-refractivity contribution in [1.29, 1.82) is 0 Å². The third kappa shape index (κ3) is 4.70. The van der Waals surface area contributed by atoms with E-state index in [0.29, 0.717) is 17.5 Å². The largest absolute Gasteiger partial charge is 0.338 e. The molecule has 0 atom stereocenters. The fraction of sp³-hybridized carbons (Fsp3) is 0.304. The number of aromatic nitrogens is 5. The van der Waals surface area contributed by atoms with E-state index in [2.05, 4.69) is 41.9 Å². The Morgan fingerprint density at radius 2 is 1.61 bits per heavy atom. The first-order chi connectivity index (χ1) is 15.4. The predicted octanol–water partition coefficient (Wildman–Crippen LogP) is 4.60. The highest BCUT2D eigenvalue weighted by molar-refractivity contribution is 7.98. The number of piperidine rings is 1. The second-order valence-corrected chi connectivity index (χ2v) is 8.52. The molecule has 1 fully saturated rings. The molecule has 0 spiro atoms. The Morgan fingerprint density at radius 3 is 2.39 bits per heavy atom. The molecular formula is C23H24N6OS. The number of hydrogen-bond acceptors (Lipinski definition) is 7. The van der Waals surface area contributed by atoms with Crippen LogP contribution in [0, 0.1) is 0 Å². The van der Waals surface area contributed by atoms with Gasteiger partial charge in [-0.2, -0.15) is 4.98 Å². The summed E-state index contributed by atoms with van der Waals surface area (Å²) in [5.41, 5.74) is 2.01. The summed E-state index contributed by atoms with van der Waals surface area (Å²) in [5.74, 6) is 2.68. The topological polar surface area (TPSA) is 72.9 Å². The Bertz CT molecular complexity index is 1110. The minimum Gasteiger partial charge on any atom is -0.338 e. The van der Waals surface area contributed by atoms with Crippen LogP contribution in [0.25, 0.3) is 17.1 Å². The highest BCUT2D eigenvalue weighted by Crippen LogP contribution is 2.26. The zero-order chi connectivity index (χ0) is 20.9. The van der Waals surface area contributed by atoms with Gasteiger partial charge in [0, 0.05) is 11.3 Å². The fourth-order valence-corrected chi connectivity index (χ4v) is 4.60. The third-order valence-electron chi connectivity index (χ3n) is 5.35. The molecule has 0 amide bonds. The van der Waals surface area contributed by atoms with Crippen molar-refractivity contribution >= 4 is 11.8 Å². The normalized spacial score (nSPS) is 14.7. The molecule has 0 radical (unpaired) electrons. The van der Waals surface area contributed by atoms with Gasteiger partial charge in [0.2, 0.25) is 11.7 Å². The van der Waals surface area contributed by atoms with Gasteiger partial charge in [0.25, 0.3) is 0 Å². The molecule has 0 saturated carbocycles. The van der Waals surface area contributed by atoms with Gasteiger partial charge in [-0.25, -0.2) is 0 Å². The standard InChI is InChI=1S/C23H24N6OS/c1-4-10-18(11-5-1)22-24-21(30-27-22)17-31-23-26-25-20(16-28-14-8-3-9-15-28)29(23)19-12-6-2-7-13-19/h1-2,4-7,10-13H,3,8-9,14-17H2. The summed E-state index contributed by atoms with van der Waals surface area (Å²) in [5, 5.41) is 14.0. The van der Waals surface area contributed by atoms with Crippen LogP contribution in [-0.2, 0) is 12.3 Å². The van der Waals surface area contributed by atoms with Crippen molar-refractivity contribution in [2.45, 2.75) is 36.7 Å². The monoisotopic (exact) mass is 432 g/mol. The molecule has 0 unspecified atom stereocenters. The zero-order valence-corrected chi connectivity index (χ0v) is 18.0. The van der Waals surface area contributed by atoms with Crippen LogP contribution in [-0.4, -0.2) is 42.9 Å². The summed E-state index contributed by atoms with van der Waals surface area (Å²) in [6.45, 7) is 3.05. The minimum atomic E-state index is 0.536. The highest BCUT2D eigenvalue weighted by Gasteiger charge is 2.19. The van der Waals surface area contributed by atoms with Gasteiger partial charge in [-0.05, 0) is 38.1 Å². The molecule has 0 aliphatic carbocycles. The van der Waals surface area contributed by atoms with Crippen molar-refractivity contribution in [1.82, 2.24) is 29.8 Å². The van der Waals surface area contributed by atoms with Crippen molar-refractivity contribution in [3.63, 3.8) is 0 Å². The van der Waals surface area contributed by atoms with Gasteiger partial charge in [0.05, 0.1) is 12.3 Å². The minimum absolute atomic E-state index is 0.536. The van der Waals surface area contributed by atoms with E-state index in [4.69, 9.17) is 4.52 Å². The lowest BCUT2D eigenvalue weighted by molar-refractivity contribution is 0.214. The molecule has 0 N–H and O–H groups in total. The molecule has 1 aliphatic rings. The number of para-hydroxylation sites is 1. The number of nitrogens with zero attached hydrogens (tertiary/aromatic N) is 6. The van der Waals surface area contributed by atoms with Crippen LogP contribution in [0.3, 0.4) is 0 Å². The van der Waals surface area contributed by atoms with E-state index < -0.39 is 0 Å². The average Bonchev–Trinajstić information content (AvgIpc) is 3.47. The van der Waals surface area contributed by atoms with Gasteiger partial charge in [-0.3, -0.25) is 9.47 Å². The van der Waals surface area contributed by atoms with E-state index in [1.54, 1.807) is 11.8 Å². The molecule has 7 nitrogen and oxygen atoms in total. The Balaban J connectivity index is 1.36. The Labute approximate surface area is 185 Å². The van der Waals surface area contributed by atoms with E-state index in [1.165, 1.54) is 19.3 Å². The number of hydrogen-bond donors (Lipinski definition) is 0. The molecule has 2 aromatic carbocycles. The highest BCUT2D eigenvalue weighted by atomic mass is 32.2. The molecule has 1 saturated heterocycles. The van der Waals surface area contributed by atoms with Crippen molar-refractivity contribution in [2.75, 3.05) is 13.1 Å². The molecular weight excluding hydrogens is 408 g/mol. The van der Waals surface area contributed by atoms with Crippen molar-refractivity contribution in [3.05, 3.63) is 72.4 Å². The van der Waals surface area contributed by atoms with Gasteiger partial charge in [0.15, 0.2) is 11.0 Å². The maximum atomic E-state index is 5.47. The molecule has 4 aromatic rings. The lowest BCUT2D eigenvalue weighted by Crippen LogP contribution is -2.30. The summed E-state index contributed by atoms with van der Waals surface area (Å²) >= 11 is 1.56.